The zero-order chi connectivity index (χ0) is 22.7. The van der Waals surface area contributed by atoms with Gasteiger partial charge in [0, 0.05) is 28.2 Å². The summed E-state index contributed by atoms with van der Waals surface area (Å²) >= 11 is 3.35. The number of carbonyl (C=O) groups excluding carboxylic acids is 1. The summed E-state index contributed by atoms with van der Waals surface area (Å²) in [7, 11) is 0. The molecule has 8 nitrogen and oxygen atoms in total. The maximum atomic E-state index is 13.1. The molecule has 9 heteroatoms. The Kier molecular flexibility index (Phi) is 5.91. The summed E-state index contributed by atoms with van der Waals surface area (Å²) in [4.78, 5) is 40.9. The van der Waals surface area contributed by atoms with E-state index >= 15 is 0 Å². The molecule has 4 rings (SSSR count). The second-order valence-corrected chi connectivity index (χ2v) is 7.68. The summed E-state index contributed by atoms with van der Waals surface area (Å²) in [6.45, 7) is 0. The van der Waals surface area contributed by atoms with Gasteiger partial charge in [0.1, 0.15) is 0 Å². The predicted molar refractivity (Wildman–Crippen MR) is 126 cm³/mol. The monoisotopic (exact) mass is 490 g/mol. The van der Waals surface area contributed by atoms with Crippen LogP contribution in [0.3, 0.4) is 0 Å². The Morgan fingerprint density at radius 2 is 1.81 bits per heavy atom. The van der Waals surface area contributed by atoms with Crippen LogP contribution in [0.4, 0.5) is 5.69 Å². The molecule has 0 unspecified atom stereocenters. The molecule has 0 aliphatic rings. The number of amides is 1. The summed E-state index contributed by atoms with van der Waals surface area (Å²) in [5.74, 6) is -0.471. The Labute approximate surface area is 190 Å². The van der Waals surface area contributed by atoms with Gasteiger partial charge in [0.2, 0.25) is 0 Å². The molecular weight excluding hydrogens is 476 g/mol. The Balaban J connectivity index is 1.78. The van der Waals surface area contributed by atoms with Gasteiger partial charge in [-0.15, -0.1) is 0 Å². The van der Waals surface area contributed by atoms with Gasteiger partial charge < -0.3 is 0 Å². The zero-order valence-electron chi connectivity index (χ0n) is 16.4. The molecule has 0 saturated heterocycles. The van der Waals surface area contributed by atoms with Crippen LogP contribution >= 0.6 is 15.9 Å². The standard InChI is InChI=1S/C23H15BrN4O4/c24-17-11-8-15(9-12-17)10-13-21(29)26-27-22(16-4-3-5-18(14-16)28(31)32)25-20-7-2-1-6-19(20)23(27)30/h1-14H,(H,26,29). The van der Waals surface area contributed by atoms with Gasteiger partial charge in [-0.3, -0.25) is 25.1 Å². The van der Waals surface area contributed by atoms with Crippen molar-refractivity contribution in [3.63, 3.8) is 0 Å². The van der Waals surface area contributed by atoms with Crippen molar-refractivity contribution in [3.8, 4) is 11.4 Å². The molecule has 0 aliphatic carbocycles. The van der Waals surface area contributed by atoms with E-state index < -0.39 is 16.4 Å². The largest absolute Gasteiger partial charge is 0.280 e. The molecule has 1 N–H and O–H groups in total. The number of halogens is 1. The highest BCUT2D eigenvalue weighted by atomic mass is 79.9. The van der Waals surface area contributed by atoms with Crippen molar-refractivity contribution in [2.45, 2.75) is 0 Å². The number of hydrogen-bond donors (Lipinski definition) is 1. The minimum Gasteiger partial charge on any atom is -0.268 e. The number of fused-ring (bicyclic) bond motifs is 1. The minimum absolute atomic E-state index is 0.0859. The number of para-hydroxylation sites is 1. The molecule has 1 amide bonds. The van der Waals surface area contributed by atoms with Gasteiger partial charge in [-0.2, -0.15) is 4.68 Å². The van der Waals surface area contributed by atoms with E-state index in [0.717, 1.165) is 14.7 Å². The van der Waals surface area contributed by atoms with Gasteiger partial charge in [0.15, 0.2) is 5.82 Å². The van der Waals surface area contributed by atoms with E-state index in [2.05, 4.69) is 26.3 Å². The van der Waals surface area contributed by atoms with E-state index in [4.69, 9.17) is 0 Å². The fraction of sp³-hybridized carbons (Fsp3) is 0. The lowest BCUT2D eigenvalue weighted by molar-refractivity contribution is -0.384. The Bertz CT molecular complexity index is 1430. The van der Waals surface area contributed by atoms with Crippen LogP contribution in [0, 0.1) is 10.1 Å². The number of nitrogens with one attached hydrogen (secondary N) is 1. The normalized spacial score (nSPS) is 11.0. The molecule has 0 aliphatic heterocycles. The van der Waals surface area contributed by atoms with E-state index in [1.165, 1.54) is 24.3 Å². The number of nitrogens with zero attached hydrogens (tertiary/aromatic N) is 3. The van der Waals surface area contributed by atoms with Crippen molar-refractivity contribution in [1.29, 1.82) is 0 Å². The Morgan fingerprint density at radius 3 is 2.56 bits per heavy atom. The van der Waals surface area contributed by atoms with Crippen LogP contribution in [0.25, 0.3) is 28.4 Å². The molecule has 0 radical (unpaired) electrons. The van der Waals surface area contributed by atoms with E-state index in [1.807, 2.05) is 24.3 Å². The van der Waals surface area contributed by atoms with Crippen molar-refractivity contribution in [1.82, 2.24) is 9.66 Å². The summed E-state index contributed by atoms with van der Waals surface area (Å²) < 4.78 is 1.92. The highest BCUT2D eigenvalue weighted by molar-refractivity contribution is 9.10. The van der Waals surface area contributed by atoms with E-state index in [0.29, 0.717) is 16.5 Å². The van der Waals surface area contributed by atoms with Gasteiger partial charge in [-0.25, -0.2) is 4.98 Å². The minimum atomic E-state index is -0.557. The van der Waals surface area contributed by atoms with Crippen molar-refractivity contribution in [3.05, 3.63) is 109 Å². The Morgan fingerprint density at radius 1 is 1.06 bits per heavy atom. The molecule has 0 saturated carbocycles. The van der Waals surface area contributed by atoms with Crippen LogP contribution in [0.1, 0.15) is 5.56 Å². The summed E-state index contributed by atoms with van der Waals surface area (Å²) in [6.07, 6.45) is 2.90. The van der Waals surface area contributed by atoms with Crippen molar-refractivity contribution in [2.75, 3.05) is 5.43 Å². The van der Waals surface area contributed by atoms with Gasteiger partial charge in [-0.1, -0.05) is 52.3 Å². The number of benzene rings is 3. The number of rotatable bonds is 5. The van der Waals surface area contributed by atoms with E-state index in [-0.39, 0.29) is 11.5 Å². The van der Waals surface area contributed by atoms with Crippen LogP contribution in [-0.4, -0.2) is 20.5 Å². The first-order chi connectivity index (χ1) is 15.4. The van der Waals surface area contributed by atoms with E-state index in [9.17, 15) is 19.7 Å². The summed E-state index contributed by atoms with van der Waals surface area (Å²) in [5, 5.41) is 11.5. The van der Waals surface area contributed by atoms with Gasteiger partial charge >= 0.3 is 0 Å². The predicted octanol–water partition coefficient (Wildman–Crippen LogP) is 4.52. The van der Waals surface area contributed by atoms with Crippen LogP contribution in [-0.2, 0) is 4.79 Å². The third kappa shape index (κ3) is 4.47. The summed E-state index contributed by atoms with van der Waals surface area (Å²) in [5.41, 5.74) is 3.41. The number of nitro groups is 1. The molecule has 1 heterocycles. The maximum absolute atomic E-state index is 13.1. The molecule has 3 aromatic carbocycles. The topological polar surface area (TPSA) is 107 Å². The van der Waals surface area contributed by atoms with Crippen molar-refractivity contribution in [2.24, 2.45) is 0 Å². The first-order valence-electron chi connectivity index (χ1n) is 9.43. The quantitative estimate of drug-likeness (QED) is 0.251. The average Bonchev–Trinajstić information content (AvgIpc) is 2.80. The lowest BCUT2D eigenvalue weighted by Gasteiger charge is -2.13. The van der Waals surface area contributed by atoms with E-state index in [1.54, 1.807) is 36.4 Å². The zero-order valence-corrected chi connectivity index (χ0v) is 18.0. The molecule has 0 spiro atoms. The lowest BCUT2D eigenvalue weighted by atomic mass is 10.1. The third-order valence-electron chi connectivity index (χ3n) is 4.61. The van der Waals surface area contributed by atoms with Gasteiger partial charge in [0.05, 0.1) is 15.8 Å². The first kappa shape index (κ1) is 21.1. The fourth-order valence-corrected chi connectivity index (χ4v) is 3.35. The Hall–Kier alpha value is -4.11. The molecule has 158 valence electrons. The number of aromatic nitrogens is 2. The number of nitro benzene ring substituents is 1. The van der Waals surface area contributed by atoms with Gasteiger partial charge in [0.25, 0.3) is 17.2 Å². The van der Waals surface area contributed by atoms with Crippen LogP contribution in [0.2, 0.25) is 0 Å². The highest BCUT2D eigenvalue weighted by Crippen LogP contribution is 2.23. The second kappa shape index (κ2) is 8.94. The molecule has 0 fully saturated rings. The number of hydrogen-bond acceptors (Lipinski definition) is 5. The first-order valence-corrected chi connectivity index (χ1v) is 10.2. The molecule has 1 aromatic heterocycles. The number of carbonyl (C=O) groups is 1. The molecule has 32 heavy (non-hydrogen) atoms. The molecule has 4 aromatic rings. The smallest absolute Gasteiger partial charge is 0.268 e. The second-order valence-electron chi connectivity index (χ2n) is 6.76. The molecule has 0 bridgehead atoms. The molecule has 0 atom stereocenters. The van der Waals surface area contributed by atoms with Crippen LogP contribution in [0.5, 0.6) is 0 Å². The van der Waals surface area contributed by atoms with Gasteiger partial charge in [-0.05, 0) is 35.9 Å². The fourth-order valence-electron chi connectivity index (χ4n) is 3.08. The van der Waals surface area contributed by atoms with Crippen molar-refractivity contribution < 1.29 is 9.72 Å². The lowest BCUT2D eigenvalue weighted by Crippen LogP contribution is -2.34. The SMILES string of the molecule is O=C(C=Cc1ccc(Br)cc1)Nn1c(-c2cccc([N+](=O)[O-])c2)nc2ccccc2c1=O. The average molecular weight is 491 g/mol. The summed E-state index contributed by atoms with van der Waals surface area (Å²) in [6, 6.07) is 19.7. The highest BCUT2D eigenvalue weighted by Gasteiger charge is 2.16. The van der Waals surface area contributed by atoms with Crippen LogP contribution in [0.15, 0.2) is 88.1 Å². The maximum Gasteiger partial charge on any atom is 0.280 e. The van der Waals surface area contributed by atoms with Crippen LogP contribution < -0.4 is 11.0 Å². The van der Waals surface area contributed by atoms with Crippen molar-refractivity contribution >= 4 is 44.5 Å². The third-order valence-corrected chi connectivity index (χ3v) is 5.14. The number of non-ortho nitro benzene ring substituents is 1. The molecular formula is C23H15BrN4O4.